The van der Waals surface area contributed by atoms with E-state index in [1.807, 2.05) is 0 Å². The lowest BCUT2D eigenvalue weighted by Gasteiger charge is -2.32. The molecule has 0 saturated heterocycles. The van der Waals surface area contributed by atoms with Crippen LogP contribution in [0.1, 0.15) is 25.0 Å². The van der Waals surface area contributed by atoms with Gasteiger partial charge in [-0.15, -0.1) is 0 Å². The molecule has 0 fully saturated rings. The maximum Gasteiger partial charge on any atom is 0.0618 e. The van der Waals surface area contributed by atoms with E-state index in [9.17, 15) is 0 Å². The van der Waals surface area contributed by atoms with E-state index in [2.05, 4.69) is 266 Å². The standard InChI is InChI=1S/C63H46N2/c1-63(2)58-25-12-9-20-54(58)55-41-40-51(42-59(55)63)64(62-52(47-16-5-3-6-17-47)23-15-24-53(62)48-18-7-4-8-19-48)49-36-32-45(33-37-49)43-28-30-44(31-29-43)46-34-38-50(39-35-46)65-60-26-13-10-21-56(60)57-22-11-14-27-61(57)65/h3-42H,1-2H3. The monoisotopic (exact) mass is 830 g/mol. The molecule has 65 heavy (non-hydrogen) atoms. The highest BCUT2D eigenvalue weighted by atomic mass is 15.1. The predicted octanol–water partition coefficient (Wildman–Crippen LogP) is 17.2. The molecule has 0 radical (unpaired) electrons. The molecule has 2 nitrogen and oxygen atoms in total. The number of aromatic nitrogens is 1. The summed E-state index contributed by atoms with van der Waals surface area (Å²) >= 11 is 0. The van der Waals surface area contributed by atoms with Crippen LogP contribution in [0.2, 0.25) is 0 Å². The van der Waals surface area contributed by atoms with Crippen molar-refractivity contribution in [2.24, 2.45) is 0 Å². The number of hydrogen-bond donors (Lipinski definition) is 0. The molecule has 0 atom stereocenters. The summed E-state index contributed by atoms with van der Waals surface area (Å²) in [6, 6.07) is 88.8. The second-order valence-corrected chi connectivity index (χ2v) is 17.7. The number of fused-ring (bicyclic) bond motifs is 6. The lowest BCUT2D eigenvalue weighted by molar-refractivity contribution is 0.660. The summed E-state index contributed by atoms with van der Waals surface area (Å²) in [7, 11) is 0. The second-order valence-electron chi connectivity index (χ2n) is 17.7. The highest BCUT2D eigenvalue weighted by molar-refractivity contribution is 6.09. The molecule has 2 heteroatoms. The molecule has 308 valence electrons. The largest absolute Gasteiger partial charge is 0.309 e. The van der Waals surface area contributed by atoms with Crippen molar-refractivity contribution in [3.63, 3.8) is 0 Å². The van der Waals surface area contributed by atoms with Gasteiger partial charge in [-0.1, -0.05) is 208 Å². The van der Waals surface area contributed by atoms with Crippen LogP contribution in [0.4, 0.5) is 17.1 Å². The fraction of sp³-hybridized carbons (Fsp3) is 0.0476. The first kappa shape index (κ1) is 38.5. The molecular formula is C63H46N2. The normalized spacial score (nSPS) is 12.6. The van der Waals surface area contributed by atoms with Gasteiger partial charge in [-0.05, 0) is 104 Å². The molecule has 12 rings (SSSR count). The predicted molar refractivity (Wildman–Crippen MR) is 275 cm³/mol. The van der Waals surface area contributed by atoms with Gasteiger partial charge in [0.15, 0.2) is 0 Å². The van der Waals surface area contributed by atoms with Crippen LogP contribution in [-0.2, 0) is 5.41 Å². The van der Waals surface area contributed by atoms with Crippen molar-refractivity contribution in [3.05, 3.63) is 254 Å². The molecular weight excluding hydrogens is 785 g/mol. The summed E-state index contributed by atoms with van der Waals surface area (Å²) in [6.07, 6.45) is 0. The van der Waals surface area contributed by atoms with E-state index in [0.717, 1.165) is 22.7 Å². The zero-order valence-corrected chi connectivity index (χ0v) is 36.5. The first-order valence-electron chi connectivity index (χ1n) is 22.6. The van der Waals surface area contributed by atoms with Crippen molar-refractivity contribution < 1.29 is 0 Å². The Hall–Kier alpha value is -8.20. The van der Waals surface area contributed by atoms with Crippen LogP contribution < -0.4 is 4.90 Å². The zero-order valence-electron chi connectivity index (χ0n) is 36.5. The number of rotatable bonds is 8. The molecule has 1 heterocycles. The van der Waals surface area contributed by atoms with Gasteiger partial charge in [0.05, 0.1) is 16.7 Å². The molecule has 1 aromatic heterocycles. The van der Waals surface area contributed by atoms with E-state index < -0.39 is 0 Å². The van der Waals surface area contributed by atoms with Gasteiger partial charge in [-0.3, -0.25) is 0 Å². The van der Waals surface area contributed by atoms with E-state index in [0.29, 0.717) is 0 Å². The Kier molecular flexibility index (Phi) is 9.21. The Bertz CT molecular complexity index is 3410. The summed E-state index contributed by atoms with van der Waals surface area (Å²) in [5.41, 5.74) is 21.7. The number of hydrogen-bond acceptors (Lipinski definition) is 1. The lowest BCUT2D eigenvalue weighted by Crippen LogP contribution is -2.17. The molecule has 0 spiro atoms. The Labute approximate surface area is 381 Å². The molecule has 10 aromatic carbocycles. The van der Waals surface area contributed by atoms with Crippen LogP contribution in [0.5, 0.6) is 0 Å². The first-order chi connectivity index (χ1) is 32.0. The smallest absolute Gasteiger partial charge is 0.0618 e. The molecule has 1 aliphatic carbocycles. The van der Waals surface area contributed by atoms with Gasteiger partial charge in [-0.25, -0.2) is 0 Å². The van der Waals surface area contributed by atoms with Gasteiger partial charge in [0.2, 0.25) is 0 Å². The van der Waals surface area contributed by atoms with Gasteiger partial charge < -0.3 is 9.47 Å². The number of benzene rings is 10. The third kappa shape index (κ3) is 6.49. The molecule has 1 aliphatic rings. The topological polar surface area (TPSA) is 8.17 Å². The Morgan fingerprint density at radius 2 is 0.754 bits per heavy atom. The fourth-order valence-corrected chi connectivity index (χ4v) is 10.4. The van der Waals surface area contributed by atoms with Crippen molar-refractivity contribution in [1.82, 2.24) is 4.57 Å². The van der Waals surface area contributed by atoms with E-state index in [1.54, 1.807) is 0 Å². The van der Waals surface area contributed by atoms with E-state index >= 15 is 0 Å². The lowest BCUT2D eigenvalue weighted by atomic mass is 9.82. The average molecular weight is 831 g/mol. The molecule has 11 aromatic rings. The summed E-state index contributed by atoms with van der Waals surface area (Å²) in [6.45, 7) is 4.72. The van der Waals surface area contributed by atoms with Crippen LogP contribution in [0.3, 0.4) is 0 Å². The third-order valence-electron chi connectivity index (χ3n) is 13.6. The highest BCUT2D eigenvalue weighted by Gasteiger charge is 2.36. The van der Waals surface area contributed by atoms with Crippen LogP contribution in [-0.4, -0.2) is 4.57 Å². The van der Waals surface area contributed by atoms with Gasteiger partial charge in [0.25, 0.3) is 0 Å². The number of nitrogens with zero attached hydrogens (tertiary/aromatic N) is 2. The van der Waals surface area contributed by atoms with Gasteiger partial charge >= 0.3 is 0 Å². The van der Waals surface area contributed by atoms with Gasteiger partial charge in [-0.2, -0.15) is 0 Å². The van der Waals surface area contributed by atoms with Crippen molar-refractivity contribution in [1.29, 1.82) is 0 Å². The second kappa shape index (κ2) is 15.6. The summed E-state index contributed by atoms with van der Waals surface area (Å²) in [5, 5.41) is 2.55. The molecule has 0 bridgehead atoms. The minimum absolute atomic E-state index is 0.140. The van der Waals surface area contributed by atoms with Crippen LogP contribution in [0.25, 0.3) is 83.1 Å². The Morgan fingerprint density at radius 1 is 0.323 bits per heavy atom. The van der Waals surface area contributed by atoms with Crippen molar-refractivity contribution in [2.45, 2.75) is 19.3 Å². The molecule has 0 N–H and O–H groups in total. The quantitative estimate of drug-likeness (QED) is 0.148. The van der Waals surface area contributed by atoms with E-state index in [1.165, 1.54) is 88.6 Å². The summed E-state index contributed by atoms with van der Waals surface area (Å²) < 4.78 is 2.37. The van der Waals surface area contributed by atoms with Crippen LogP contribution >= 0.6 is 0 Å². The maximum atomic E-state index is 2.49. The maximum absolute atomic E-state index is 2.49. The SMILES string of the molecule is CC1(C)c2ccccc2-c2ccc(N(c3ccc(-c4ccc(-c5ccc(-n6c7ccccc7c7ccccc76)cc5)cc4)cc3)c3c(-c4ccccc4)cccc3-c3ccccc3)cc21. The van der Waals surface area contributed by atoms with Crippen molar-refractivity contribution in [2.75, 3.05) is 4.90 Å². The molecule has 0 aliphatic heterocycles. The number of para-hydroxylation sites is 3. The Balaban J connectivity index is 0.929. The summed E-state index contributed by atoms with van der Waals surface area (Å²) in [4.78, 5) is 2.49. The van der Waals surface area contributed by atoms with Gasteiger partial charge in [0, 0.05) is 44.4 Å². The van der Waals surface area contributed by atoms with E-state index in [-0.39, 0.29) is 5.41 Å². The fourth-order valence-electron chi connectivity index (χ4n) is 10.4. The zero-order chi connectivity index (χ0) is 43.5. The molecule has 0 amide bonds. The van der Waals surface area contributed by atoms with Crippen molar-refractivity contribution >= 4 is 38.9 Å². The van der Waals surface area contributed by atoms with Crippen molar-refractivity contribution in [3.8, 4) is 61.3 Å². The molecule has 0 unspecified atom stereocenters. The first-order valence-corrected chi connectivity index (χ1v) is 22.6. The number of anilines is 3. The summed E-state index contributed by atoms with van der Waals surface area (Å²) in [5.74, 6) is 0. The highest BCUT2D eigenvalue weighted by Crippen LogP contribution is 2.52. The van der Waals surface area contributed by atoms with Crippen LogP contribution in [0, 0.1) is 0 Å². The average Bonchev–Trinajstić information content (AvgIpc) is 3.83. The van der Waals surface area contributed by atoms with E-state index in [4.69, 9.17) is 0 Å². The Morgan fingerprint density at radius 3 is 1.32 bits per heavy atom. The molecule has 0 saturated carbocycles. The minimum Gasteiger partial charge on any atom is -0.309 e. The third-order valence-corrected chi connectivity index (χ3v) is 13.6. The van der Waals surface area contributed by atoms with Crippen LogP contribution in [0.15, 0.2) is 243 Å². The minimum atomic E-state index is -0.140. The van der Waals surface area contributed by atoms with Gasteiger partial charge in [0.1, 0.15) is 0 Å².